The van der Waals surface area contributed by atoms with Gasteiger partial charge in [-0.05, 0) is 30.0 Å². The maximum Gasteiger partial charge on any atom is 0.166 e. The fourth-order valence-electron chi connectivity index (χ4n) is 2.28. The van der Waals surface area contributed by atoms with E-state index in [0.717, 1.165) is 12.0 Å². The summed E-state index contributed by atoms with van der Waals surface area (Å²) in [5.74, 6) is 0.831. The van der Waals surface area contributed by atoms with Crippen molar-refractivity contribution in [1.29, 1.82) is 0 Å². The second-order valence-corrected chi connectivity index (χ2v) is 4.46. The van der Waals surface area contributed by atoms with Crippen LogP contribution in [-0.4, -0.2) is 10.8 Å². The van der Waals surface area contributed by atoms with Crippen LogP contribution in [-0.2, 0) is 0 Å². The van der Waals surface area contributed by atoms with Crippen LogP contribution in [0.5, 0.6) is 0 Å². The van der Waals surface area contributed by atoms with Crippen LogP contribution in [0.25, 0.3) is 0 Å². The molecule has 17 heavy (non-hydrogen) atoms. The third-order valence-electron chi connectivity index (χ3n) is 3.32. The summed E-state index contributed by atoms with van der Waals surface area (Å²) in [6.07, 6.45) is 4.32. The van der Waals surface area contributed by atoms with Crippen LogP contribution in [0, 0.1) is 5.92 Å². The van der Waals surface area contributed by atoms with E-state index in [1.165, 1.54) is 5.56 Å². The number of carbonyl (C=O) groups excluding carboxylic acids is 1. The lowest BCUT2D eigenvalue weighted by atomic mass is 10.0. The molecular weight excluding hydrogens is 210 g/mol. The Morgan fingerprint density at radius 3 is 2.47 bits per heavy atom. The van der Waals surface area contributed by atoms with E-state index < -0.39 is 0 Å². The highest BCUT2D eigenvalue weighted by Crippen LogP contribution is 2.48. The van der Waals surface area contributed by atoms with Crippen molar-refractivity contribution in [1.82, 2.24) is 4.98 Å². The summed E-state index contributed by atoms with van der Waals surface area (Å²) in [5.41, 5.74) is 2.06. The predicted octanol–water partition coefficient (Wildman–Crippen LogP) is 3.07. The van der Waals surface area contributed by atoms with E-state index in [9.17, 15) is 4.79 Å². The number of Topliss-reactive ketones (excluding diaryl/α,β-unsaturated/α-hetero) is 1. The molecule has 1 fully saturated rings. The number of carbonyl (C=O) groups is 1. The summed E-state index contributed by atoms with van der Waals surface area (Å²) in [6, 6.07) is 13.9. The van der Waals surface area contributed by atoms with Gasteiger partial charge in [0, 0.05) is 23.9 Å². The van der Waals surface area contributed by atoms with E-state index in [4.69, 9.17) is 0 Å². The highest BCUT2D eigenvalue weighted by molar-refractivity contribution is 6.00. The lowest BCUT2D eigenvalue weighted by Crippen LogP contribution is -2.02. The molecule has 3 rings (SSSR count). The second kappa shape index (κ2) is 4.13. The van der Waals surface area contributed by atoms with E-state index in [-0.39, 0.29) is 11.7 Å². The van der Waals surface area contributed by atoms with Crippen LogP contribution in [0.4, 0.5) is 0 Å². The summed E-state index contributed by atoms with van der Waals surface area (Å²) >= 11 is 0. The maximum absolute atomic E-state index is 12.2. The lowest BCUT2D eigenvalue weighted by Gasteiger charge is -2.00. The summed E-state index contributed by atoms with van der Waals surface area (Å²) in [7, 11) is 0. The summed E-state index contributed by atoms with van der Waals surface area (Å²) in [4.78, 5) is 16.1. The number of ketones is 1. The van der Waals surface area contributed by atoms with E-state index in [1.54, 1.807) is 24.5 Å². The van der Waals surface area contributed by atoms with Gasteiger partial charge in [-0.25, -0.2) is 0 Å². The Bertz CT molecular complexity index is 521. The highest BCUT2D eigenvalue weighted by Gasteiger charge is 2.43. The van der Waals surface area contributed by atoms with Crippen LogP contribution >= 0.6 is 0 Å². The van der Waals surface area contributed by atoms with Gasteiger partial charge in [-0.1, -0.05) is 30.3 Å². The van der Waals surface area contributed by atoms with E-state index in [1.807, 2.05) is 18.2 Å². The Morgan fingerprint density at radius 1 is 1.06 bits per heavy atom. The van der Waals surface area contributed by atoms with Gasteiger partial charge in [0.25, 0.3) is 0 Å². The minimum absolute atomic E-state index is 0.166. The zero-order valence-electron chi connectivity index (χ0n) is 9.41. The van der Waals surface area contributed by atoms with Gasteiger partial charge < -0.3 is 0 Å². The third-order valence-corrected chi connectivity index (χ3v) is 3.32. The van der Waals surface area contributed by atoms with Crippen molar-refractivity contribution in [3.63, 3.8) is 0 Å². The van der Waals surface area contributed by atoms with E-state index in [2.05, 4.69) is 17.1 Å². The molecule has 1 aliphatic carbocycles. The van der Waals surface area contributed by atoms with Crippen LogP contribution in [0.2, 0.25) is 0 Å². The molecule has 1 aromatic heterocycles. The van der Waals surface area contributed by atoms with Crippen molar-refractivity contribution in [2.45, 2.75) is 12.3 Å². The number of pyridine rings is 1. The van der Waals surface area contributed by atoms with Crippen LogP contribution in [0.3, 0.4) is 0 Å². The zero-order valence-corrected chi connectivity index (χ0v) is 9.41. The van der Waals surface area contributed by atoms with E-state index >= 15 is 0 Å². The Morgan fingerprint density at radius 2 is 1.76 bits per heavy atom. The number of rotatable bonds is 3. The predicted molar refractivity (Wildman–Crippen MR) is 65.9 cm³/mol. The molecule has 1 aromatic carbocycles. The first-order valence-electron chi connectivity index (χ1n) is 5.85. The molecule has 0 radical (unpaired) electrons. The van der Waals surface area contributed by atoms with Crippen molar-refractivity contribution < 1.29 is 4.79 Å². The zero-order chi connectivity index (χ0) is 11.7. The van der Waals surface area contributed by atoms with Gasteiger partial charge in [-0.3, -0.25) is 9.78 Å². The highest BCUT2D eigenvalue weighted by atomic mass is 16.1. The summed E-state index contributed by atoms with van der Waals surface area (Å²) in [5, 5.41) is 0. The molecule has 84 valence electrons. The van der Waals surface area contributed by atoms with Crippen LogP contribution < -0.4 is 0 Å². The molecule has 0 amide bonds. The van der Waals surface area contributed by atoms with Crippen molar-refractivity contribution in [2.75, 3.05) is 0 Å². The molecule has 2 unspecified atom stereocenters. The molecule has 0 spiro atoms. The quantitative estimate of drug-likeness (QED) is 0.748. The fourth-order valence-corrected chi connectivity index (χ4v) is 2.28. The van der Waals surface area contributed by atoms with Gasteiger partial charge in [-0.2, -0.15) is 0 Å². The molecule has 2 nitrogen and oxygen atoms in total. The van der Waals surface area contributed by atoms with Crippen molar-refractivity contribution >= 4 is 5.78 Å². The first kappa shape index (κ1) is 10.2. The Labute approximate surface area is 100 Å². The normalized spacial score (nSPS) is 22.1. The van der Waals surface area contributed by atoms with Gasteiger partial charge in [0.2, 0.25) is 0 Å². The molecule has 1 heterocycles. The van der Waals surface area contributed by atoms with Crippen LogP contribution in [0.15, 0.2) is 54.9 Å². The molecule has 2 aromatic rings. The van der Waals surface area contributed by atoms with Crippen molar-refractivity contribution in [3.8, 4) is 0 Å². The van der Waals surface area contributed by atoms with Crippen LogP contribution in [0.1, 0.15) is 28.3 Å². The van der Waals surface area contributed by atoms with Crippen molar-refractivity contribution in [3.05, 3.63) is 66.0 Å². The number of hydrogen-bond donors (Lipinski definition) is 0. The first-order chi connectivity index (χ1) is 8.36. The standard InChI is InChI=1S/C15H13NO/c17-15(12-6-8-16-9-7-12)14-10-13(14)11-4-2-1-3-5-11/h1-9,13-14H,10H2. The van der Waals surface area contributed by atoms with Gasteiger partial charge in [0.1, 0.15) is 0 Å². The molecule has 2 atom stereocenters. The average molecular weight is 223 g/mol. The van der Waals surface area contributed by atoms with E-state index in [0.29, 0.717) is 5.92 Å². The van der Waals surface area contributed by atoms with Gasteiger partial charge in [0.15, 0.2) is 5.78 Å². The molecular formula is C15H13NO. The van der Waals surface area contributed by atoms with Gasteiger partial charge in [-0.15, -0.1) is 0 Å². The largest absolute Gasteiger partial charge is 0.294 e. The third kappa shape index (κ3) is 1.98. The molecule has 0 N–H and O–H groups in total. The molecule has 0 aliphatic heterocycles. The second-order valence-electron chi connectivity index (χ2n) is 4.46. The monoisotopic (exact) mass is 223 g/mol. The van der Waals surface area contributed by atoms with Crippen molar-refractivity contribution in [2.24, 2.45) is 5.92 Å². The molecule has 1 aliphatic rings. The number of benzene rings is 1. The number of hydrogen-bond acceptors (Lipinski definition) is 2. The maximum atomic E-state index is 12.2. The molecule has 0 bridgehead atoms. The molecule has 1 saturated carbocycles. The average Bonchev–Trinajstić information content (AvgIpc) is 3.20. The Balaban J connectivity index is 1.76. The topological polar surface area (TPSA) is 30.0 Å². The van der Waals surface area contributed by atoms with Gasteiger partial charge in [0.05, 0.1) is 0 Å². The minimum atomic E-state index is 0.166. The van der Waals surface area contributed by atoms with Gasteiger partial charge >= 0.3 is 0 Å². The first-order valence-corrected chi connectivity index (χ1v) is 5.85. The lowest BCUT2D eigenvalue weighted by molar-refractivity contribution is 0.0965. The molecule has 0 saturated heterocycles. The smallest absolute Gasteiger partial charge is 0.166 e. The summed E-state index contributed by atoms with van der Waals surface area (Å²) < 4.78 is 0. The minimum Gasteiger partial charge on any atom is -0.294 e. The number of aromatic nitrogens is 1. The SMILES string of the molecule is O=C(c1ccncc1)C1CC1c1ccccc1. The fraction of sp³-hybridized carbons (Fsp3) is 0.200. The summed E-state index contributed by atoms with van der Waals surface area (Å²) in [6.45, 7) is 0. The Hall–Kier alpha value is -1.96. The molecule has 2 heteroatoms. The Kier molecular flexibility index (Phi) is 2.48. The number of nitrogens with zero attached hydrogens (tertiary/aromatic N) is 1.